The Labute approximate surface area is 90.2 Å². The molecule has 82 valence electrons. The zero-order chi connectivity index (χ0) is 11.4. The van der Waals surface area contributed by atoms with Crippen molar-refractivity contribution < 1.29 is 4.42 Å². The normalized spacial score (nSPS) is 10.8. The maximum absolute atomic E-state index is 11.2. The molecule has 0 saturated carbocycles. The molecule has 0 aliphatic carbocycles. The molecule has 0 fully saturated rings. The van der Waals surface area contributed by atoms with E-state index in [4.69, 9.17) is 4.42 Å². The van der Waals surface area contributed by atoms with Crippen LogP contribution in [0.4, 0.5) is 5.95 Å². The molecule has 2 aromatic heterocycles. The summed E-state index contributed by atoms with van der Waals surface area (Å²) >= 11 is 0. The van der Waals surface area contributed by atoms with E-state index in [9.17, 15) is 4.79 Å². The summed E-state index contributed by atoms with van der Waals surface area (Å²) in [5, 5.41) is 11.2. The van der Waals surface area contributed by atoms with Crippen LogP contribution < -0.4 is 11.0 Å². The van der Waals surface area contributed by atoms with E-state index in [-0.39, 0.29) is 11.5 Å². The van der Waals surface area contributed by atoms with Crippen LogP contribution in [0.5, 0.6) is 0 Å². The summed E-state index contributed by atoms with van der Waals surface area (Å²) in [6.45, 7) is 1.57. The van der Waals surface area contributed by atoms with Crippen LogP contribution in [0.25, 0.3) is 0 Å². The molecule has 0 atom stereocenters. The first-order chi connectivity index (χ1) is 7.75. The molecule has 0 spiro atoms. The highest BCUT2D eigenvalue weighted by Gasteiger charge is 1.97. The van der Waals surface area contributed by atoms with Gasteiger partial charge in [0, 0.05) is 0 Å². The number of hydrogen-bond donors (Lipinski definition) is 2. The molecule has 7 nitrogen and oxygen atoms in total. The number of hydrogen-bond acceptors (Lipinski definition) is 6. The average Bonchev–Trinajstić information content (AvgIpc) is 2.76. The minimum Gasteiger partial charge on any atom is -0.463 e. The Morgan fingerprint density at radius 3 is 3.12 bits per heavy atom. The predicted octanol–water partition coefficient (Wildman–Crippen LogP) is 0.512. The molecule has 2 N–H and O–H groups in total. The van der Waals surface area contributed by atoms with Crippen molar-refractivity contribution in [3.8, 4) is 0 Å². The molecule has 16 heavy (non-hydrogen) atoms. The largest absolute Gasteiger partial charge is 0.463 e. The lowest BCUT2D eigenvalue weighted by Gasteiger charge is -1.96. The first-order valence-corrected chi connectivity index (χ1v) is 4.52. The molecule has 2 aromatic rings. The fourth-order valence-electron chi connectivity index (χ4n) is 0.965. The van der Waals surface area contributed by atoms with Crippen molar-refractivity contribution in [3.05, 3.63) is 40.2 Å². The summed E-state index contributed by atoms with van der Waals surface area (Å²) in [6.07, 6.45) is 2.99. The molecule has 0 unspecified atom stereocenters. The Bertz CT molecular complexity index is 543. The molecule has 0 aliphatic rings. The second-order valence-electron chi connectivity index (χ2n) is 2.97. The van der Waals surface area contributed by atoms with E-state index in [1.54, 1.807) is 19.1 Å². The van der Waals surface area contributed by atoms with Crippen LogP contribution >= 0.6 is 0 Å². The van der Waals surface area contributed by atoms with Gasteiger partial charge in [0.1, 0.15) is 11.5 Å². The number of rotatable bonds is 3. The van der Waals surface area contributed by atoms with E-state index >= 15 is 0 Å². The highest BCUT2D eigenvalue weighted by molar-refractivity contribution is 5.76. The zero-order valence-corrected chi connectivity index (χ0v) is 8.47. The Hall–Kier alpha value is -2.44. The third-order valence-electron chi connectivity index (χ3n) is 1.77. The first kappa shape index (κ1) is 10.1. The van der Waals surface area contributed by atoms with Gasteiger partial charge in [-0.3, -0.25) is 9.78 Å². The molecule has 0 saturated heterocycles. The van der Waals surface area contributed by atoms with Gasteiger partial charge in [0.15, 0.2) is 0 Å². The van der Waals surface area contributed by atoms with Gasteiger partial charge in [-0.05, 0) is 19.1 Å². The lowest BCUT2D eigenvalue weighted by Crippen LogP contribution is -2.15. The van der Waals surface area contributed by atoms with Crippen molar-refractivity contribution in [2.45, 2.75) is 6.92 Å². The third kappa shape index (κ3) is 2.32. The van der Waals surface area contributed by atoms with Crippen LogP contribution in [0.3, 0.4) is 0 Å². The van der Waals surface area contributed by atoms with E-state index in [1.807, 2.05) is 0 Å². The highest BCUT2D eigenvalue weighted by atomic mass is 16.3. The van der Waals surface area contributed by atoms with Crippen molar-refractivity contribution >= 4 is 12.2 Å². The second kappa shape index (κ2) is 4.39. The molecule has 0 aromatic carbocycles. The van der Waals surface area contributed by atoms with Gasteiger partial charge in [0.2, 0.25) is 5.95 Å². The Balaban J connectivity index is 2.05. The van der Waals surface area contributed by atoms with Crippen LogP contribution in [0.2, 0.25) is 0 Å². The molecule has 2 heterocycles. The number of nitrogens with one attached hydrogen (secondary N) is 2. The summed E-state index contributed by atoms with van der Waals surface area (Å²) in [5.41, 5.74) is 2.54. The number of anilines is 1. The maximum atomic E-state index is 11.2. The third-order valence-corrected chi connectivity index (χ3v) is 1.77. The summed E-state index contributed by atoms with van der Waals surface area (Å²) in [5.74, 6) is 0.772. The fourth-order valence-corrected chi connectivity index (χ4v) is 0.965. The van der Waals surface area contributed by atoms with Crippen molar-refractivity contribution in [1.82, 2.24) is 15.2 Å². The Morgan fingerprint density at radius 1 is 1.56 bits per heavy atom. The maximum Gasteiger partial charge on any atom is 0.274 e. The molecule has 2 rings (SSSR count). The molecule has 0 bridgehead atoms. The summed E-state index contributed by atoms with van der Waals surface area (Å²) in [6, 6.07) is 3.49. The van der Waals surface area contributed by atoms with Crippen molar-refractivity contribution in [2.24, 2.45) is 5.10 Å². The SMILES string of the molecule is Cc1nnc(N/N=C/c2ccco2)[nH]c1=O. The van der Waals surface area contributed by atoms with Crippen LogP contribution in [-0.2, 0) is 0 Å². The fraction of sp³-hybridized carbons (Fsp3) is 0.111. The van der Waals surface area contributed by atoms with E-state index in [0.717, 1.165) is 0 Å². The molecule has 0 aliphatic heterocycles. The lowest BCUT2D eigenvalue weighted by molar-refractivity contribution is 0.560. The minimum absolute atomic E-state index is 0.179. The highest BCUT2D eigenvalue weighted by Crippen LogP contribution is 1.96. The van der Waals surface area contributed by atoms with Gasteiger partial charge in [0.25, 0.3) is 5.56 Å². The average molecular weight is 219 g/mol. The Kier molecular flexibility index (Phi) is 2.77. The van der Waals surface area contributed by atoms with Gasteiger partial charge in [-0.25, -0.2) is 5.43 Å². The number of aromatic nitrogens is 3. The Morgan fingerprint density at radius 2 is 2.44 bits per heavy atom. The first-order valence-electron chi connectivity index (χ1n) is 4.52. The minimum atomic E-state index is -0.300. The quantitative estimate of drug-likeness (QED) is 0.579. The van der Waals surface area contributed by atoms with Gasteiger partial charge in [-0.15, -0.1) is 10.2 Å². The van der Waals surface area contributed by atoms with E-state index in [2.05, 4.69) is 25.7 Å². The zero-order valence-electron chi connectivity index (χ0n) is 8.47. The van der Waals surface area contributed by atoms with Crippen LogP contribution in [0, 0.1) is 6.92 Å². The molecular formula is C9H9N5O2. The topological polar surface area (TPSA) is 96.2 Å². The standard InChI is InChI=1S/C9H9N5O2/c1-6-8(15)11-9(14-12-6)13-10-5-7-3-2-4-16-7/h2-5H,1H3,(H2,11,13,14,15)/b10-5+. The van der Waals surface area contributed by atoms with Crippen molar-refractivity contribution in [2.75, 3.05) is 5.43 Å². The molecule has 0 amide bonds. The van der Waals surface area contributed by atoms with E-state index in [1.165, 1.54) is 12.5 Å². The van der Waals surface area contributed by atoms with E-state index in [0.29, 0.717) is 11.5 Å². The number of H-pyrrole nitrogens is 1. The summed E-state index contributed by atoms with van der Waals surface area (Å²) in [4.78, 5) is 13.6. The van der Waals surface area contributed by atoms with Gasteiger partial charge in [-0.2, -0.15) is 5.10 Å². The molecule has 0 radical (unpaired) electrons. The van der Waals surface area contributed by atoms with Gasteiger partial charge in [-0.1, -0.05) is 0 Å². The van der Waals surface area contributed by atoms with Gasteiger partial charge in [0.05, 0.1) is 12.5 Å². The molecular weight excluding hydrogens is 210 g/mol. The summed E-state index contributed by atoms with van der Waals surface area (Å²) < 4.78 is 5.02. The monoisotopic (exact) mass is 219 g/mol. The van der Waals surface area contributed by atoms with E-state index < -0.39 is 0 Å². The van der Waals surface area contributed by atoms with Crippen LogP contribution in [0.15, 0.2) is 32.7 Å². The van der Waals surface area contributed by atoms with Crippen LogP contribution in [0.1, 0.15) is 11.5 Å². The van der Waals surface area contributed by atoms with Gasteiger partial charge < -0.3 is 4.42 Å². The second-order valence-corrected chi connectivity index (χ2v) is 2.97. The lowest BCUT2D eigenvalue weighted by atomic mass is 10.5. The van der Waals surface area contributed by atoms with Crippen molar-refractivity contribution in [1.29, 1.82) is 0 Å². The van der Waals surface area contributed by atoms with Crippen molar-refractivity contribution in [3.63, 3.8) is 0 Å². The summed E-state index contributed by atoms with van der Waals surface area (Å²) in [7, 11) is 0. The number of furan rings is 1. The van der Waals surface area contributed by atoms with Crippen LogP contribution in [-0.4, -0.2) is 21.4 Å². The number of aryl methyl sites for hydroxylation is 1. The number of aromatic amines is 1. The molecule has 7 heteroatoms. The number of hydrazone groups is 1. The number of nitrogens with zero attached hydrogens (tertiary/aromatic N) is 3. The predicted molar refractivity (Wildman–Crippen MR) is 57.3 cm³/mol. The van der Waals surface area contributed by atoms with Gasteiger partial charge >= 0.3 is 0 Å². The smallest absolute Gasteiger partial charge is 0.274 e.